The minimum atomic E-state index is -0.929. The molecule has 4 rings (SSSR count). The van der Waals surface area contributed by atoms with Gasteiger partial charge in [-0.2, -0.15) is 0 Å². The van der Waals surface area contributed by atoms with Crippen LogP contribution in [0.15, 0.2) is 24.3 Å². The second-order valence-corrected chi connectivity index (χ2v) is 18.2. The number of Topliss-reactive ketones (excluding diaryl/α,β-unsaturated/α-hetero) is 1. The molecule has 4 fully saturated rings. The van der Waals surface area contributed by atoms with Gasteiger partial charge in [-0.15, -0.1) is 0 Å². The van der Waals surface area contributed by atoms with Crippen LogP contribution in [0.25, 0.3) is 0 Å². The van der Waals surface area contributed by atoms with E-state index in [1.807, 2.05) is 32.9 Å². The molecule has 9 atom stereocenters. The number of hydrogen-bond donors (Lipinski definition) is 0. The van der Waals surface area contributed by atoms with Crippen LogP contribution in [0.4, 0.5) is 4.79 Å². The SMILES string of the molecule is CC/C=C\CC(=O)OCC(COC(=O)C/C=C\CC)OC(=O)CCCCC(C)CC(=O)OCOC(=O)O[C@@H]1CC[C@@]2(C)[C@@H](CC[C@@H]3[C@@H]2CC[C@]2(C)[C@@H](C(C)=O)CC[C@@H]32)C1. The summed E-state index contributed by atoms with van der Waals surface area (Å²) in [6.45, 7) is 11.5. The van der Waals surface area contributed by atoms with Gasteiger partial charge < -0.3 is 28.4 Å². The van der Waals surface area contributed by atoms with E-state index >= 15 is 0 Å². The molecular formula is C47H72O12. The number of allylic oxidation sites excluding steroid dienone is 2. The molecule has 332 valence electrons. The van der Waals surface area contributed by atoms with Crippen molar-refractivity contribution in [3.05, 3.63) is 24.3 Å². The first-order chi connectivity index (χ1) is 28.2. The Morgan fingerprint density at radius 3 is 1.98 bits per heavy atom. The van der Waals surface area contributed by atoms with Crippen LogP contribution in [0.5, 0.6) is 0 Å². The Morgan fingerprint density at radius 2 is 1.34 bits per heavy atom. The van der Waals surface area contributed by atoms with E-state index in [9.17, 15) is 28.8 Å². The monoisotopic (exact) mass is 829 g/mol. The first-order valence-corrected chi connectivity index (χ1v) is 22.5. The molecular weight excluding hydrogens is 757 g/mol. The van der Waals surface area contributed by atoms with Crippen molar-refractivity contribution in [2.45, 2.75) is 169 Å². The third-order valence-corrected chi connectivity index (χ3v) is 14.1. The van der Waals surface area contributed by atoms with E-state index in [1.54, 1.807) is 19.1 Å². The molecule has 0 N–H and O–H groups in total. The molecule has 4 aliphatic carbocycles. The minimum Gasteiger partial charge on any atom is -0.461 e. The third kappa shape index (κ3) is 13.9. The van der Waals surface area contributed by atoms with Crippen molar-refractivity contribution < 1.29 is 57.2 Å². The first kappa shape index (κ1) is 48.0. The van der Waals surface area contributed by atoms with Gasteiger partial charge in [-0.05, 0) is 124 Å². The predicted molar refractivity (Wildman–Crippen MR) is 220 cm³/mol. The number of ketones is 1. The fourth-order valence-corrected chi connectivity index (χ4v) is 11.1. The van der Waals surface area contributed by atoms with E-state index in [0.29, 0.717) is 48.7 Å². The summed E-state index contributed by atoms with van der Waals surface area (Å²) in [7, 11) is 0. The second kappa shape index (κ2) is 23.3. The summed E-state index contributed by atoms with van der Waals surface area (Å²) in [4.78, 5) is 74.3. The van der Waals surface area contributed by atoms with Crippen molar-refractivity contribution in [1.82, 2.24) is 0 Å². The average molecular weight is 829 g/mol. The minimum absolute atomic E-state index is 0.0330. The Labute approximate surface area is 352 Å². The first-order valence-electron chi connectivity index (χ1n) is 22.5. The maximum Gasteiger partial charge on any atom is 0.511 e. The summed E-state index contributed by atoms with van der Waals surface area (Å²) in [5, 5.41) is 0. The molecule has 0 saturated heterocycles. The van der Waals surface area contributed by atoms with Crippen molar-refractivity contribution in [2.75, 3.05) is 20.0 Å². The molecule has 1 unspecified atom stereocenters. The van der Waals surface area contributed by atoms with Crippen molar-refractivity contribution >= 4 is 35.8 Å². The molecule has 0 aromatic heterocycles. The van der Waals surface area contributed by atoms with E-state index in [2.05, 4.69) is 13.8 Å². The van der Waals surface area contributed by atoms with Crippen molar-refractivity contribution in [3.8, 4) is 0 Å². The standard InChI is InChI=1S/C47H72O12/c1-7-9-11-16-41(49)54-29-36(30-55-42(50)17-12-10-8-2)58-43(51)18-14-13-15-32(3)27-44(52)56-31-57-45(53)59-35-23-25-46(5)34(28-35)19-20-37-39-22-21-38(33(4)48)47(39,6)26-24-40(37)46/h9-12,32,34-40H,7-8,13-31H2,1-6H3/b11-9-,12-10-/t32?,34-,35+,37-,38+,39-,40-,46-,47+/m0/s1. The summed E-state index contributed by atoms with van der Waals surface area (Å²) >= 11 is 0. The molecule has 0 aromatic carbocycles. The van der Waals surface area contributed by atoms with Gasteiger partial charge >= 0.3 is 30.0 Å². The molecule has 0 spiro atoms. The highest BCUT2D eigenvalue weighted by Gasteiger charge is 2.61. The van der Waals surface area contributed by atoms with E-state index < -0.39 is 42.9 Å². The molecule has 59 heavy (non-hydrogen) atoms. The van der Waals surface area contributed by atoms with Gasteiger partial charge in [0.1, 0.15) is 25.1 Å². The lowest BCUT2D eigenvalue weighted by Gasteiger charge is -2.61. The number of ether oxygens (including phenoxy) is 6. The molecule has 0 aliphatic heterocycles. The van der Waals surface area contributed by atoms with Gasteiger partial charge in [0.15, 0.2) is 6.10 Å². The largest absolute Gasteiger partial charge is 0.511 e. The van der Waals surface area contributed by atoms with Gasteiger partial charge in [-0.1, -0.05) is 71.8 Å². The van der Waals surface area contributed by atoms with E-state index in [1.165, 1.54) is 19.3 Å². The molecule has 0 heterocycles. The summed E-state index contributed by atoms with van der Waals surface area (Å²) in [5.74, 6) is 1.04. The highest BCUT2D eigenvalue weighted by molar-refractivity contribution is 5.79. The molecule has 0 bridgehead atoms. The van der Waals surface area contributed by atoms with E-state index in [-0.39, 0.29) is 67.7 Å². The molecule has 0 amide bonds. The lowest BCUT2D eigenvalue weighted by atomic mass is 9.44. The van der Waals surface area contributed by atoms with Crippen molar-refractivity contribution in [2.24, 2.45) is 46.3 Å². The average Bonchev–Trinajstić information content (AvgIpc) is 3.55. The van der Waals surface area contributed by atoms with Gasteiger partial charge in [0.25, 0.3) is 0 Å². The Hall–Kier alpha value is -3.70. The maximum absolute atomic E-state index is 12.6. The summed E-state index contributed by atoms with van der Waals surface area (Å²) in [6.07, 6.45) is 18.4. The molecule has 4 saturated carbocycles. The lowest BCUT2D eigenvalue weighted by Crippen LogP contribution is -2.54. The number of hydrogen-bond acceptors (Lipinski definition) is 12. The summed E-state index contributed by atoms with van der Waals surface area (Å²) < 4.78 is 32.0. The van der Waals surface area contributed by atoms with Crippen LogP contribution < -0.4 is 0 Å². The second-order valence-electron chi connectivity index (χ2n) is 18.2. The van der Waals surface area contributed by atoms with Crippen LogP contribution in [0.3, 0.4) is 0 Å². The van der Waals surface area contributed by atoms with Gasteiger partial charge in [0, 0.05) is 18.8 Å². The quantitative estimate of drug-likeness (QED) is 0.0335. The smallest absolute Gasteiger partial charge is 0.461 e. The zero-order chi connectivity index (χ0) is 43.0. The lowest BCUT2D eigenvalue weighted by molar-refractivity contribution is -0.166. The normalized spacial score (nSPS) is 29.2. The number of rotatable bonds is 22. The van der Waals surface area contributed by atoms with Crippen LogP contribution in [0.1, 0.15) is 157 Å². The van der Waals surface area contributed by atoms with Crippen LogP contribution in [0.2, 0.25) is 0 Å². The molecule has 12 heteroatoms. The fraction of sp³-hybridized carbons (Fsp3) is 0.787. The number of carbonyl (C=O) groups is 6. The predicted octanol–water partition coefficient (Wildman–Crippen LogP) is 9.55. The van der Waals surface area contributed by atoms with Gasteiger partial charge in [0.05, 0.1) is 12.8 Å². The van der Waals surface area contributed by atoms with Gasteiger partial charge in [-0.25, -0.2) is 4.79 Å². The Kier molecular flexibility index (Phi) is 19.0. The highest BCUT2D eigenvalue weighted by Crippen LogP contribution is 2.67. The molecule has 12 nitrogen and oxygen atoms in total. The van der Waals surface area contributed by atoms with Gasteiger partial charge in [0.2, 0.25) is 6.79 Å². The Morgan fingerprint density at radius 1 is 0.695 bits per heavy atom. The molecule has 0 radical (unpaired) electrons. The maximum atomic E-state index is 12.6. The molecule has 4 aliphatic rings. The van der Waals surface area contributed by atoms with Crippen LogP contribution >= 0.6 is 0 Å². The van der Waals surface area contributed by atoms with Crippen LogP contribution in [-0.2, 0) is 52.4 Å². The topological polar surface area (TPSA) is 158 Å². The summed E-state index contributed by atoms with van der Waals surface area (Å²) in [6, 6.07) is 0. The van der Waals surface area contributed by atoms with Crippen LogP contribution in [-0.4, -0.2) is 68.0 Å². The number of fused-ring (bicyclic) bond motifs is 5. The van der Waals surface area contributed by atoms with Crippen molar-refractivity contribution in [3.63, 3.8) is 0 Å². The van der Waals surface area contributed by atoms with Crippen molar-refractivity contribution in [1.29, 1.82) is 0 Å². The summed E-state index contributed by atoms with van der Waals surface area (Å²) in [5.41, 5.74) is 0.360. The van der Waals surface area contributed by atoms with Crippen LogP contribution in [0, 0.1) is 46.3 Å². The van der Waals surface area contributed by atoms with E-state index in [4.69, 9.17) is 28.4 Å². The van der Waals surface area contributed by atoms with Gasteiger partial charge in [-0.3, -0.25) is 24.0 Å². The fourth-order valence-electron chi connectivity index (χ4n) is 11.1. The third-order valence-electron chi connectivity index (χ3n) is 14.1. The zero-order valence-corrected chi connectivity index (χ0v) is 36.7. The number of carbonyl (C=O) groups excluding carboxylic acids is 6. The molecule has 0 aromatic rings. The zero-order valence-electron chi connectivity index (χ0n) is 36.7. The highest BCUT2D eigenvalue weighted by atomic mass is 16.8. The number of unbranched alkanes of at least 4 members (excludes halogenated alkanes) is 1. The number of esters is 4. The Bertz CT molecular complexity index is 1450. The Balaban J connectivity index is 1.09. The van der Waals surface area contributed by atoms with E-state index in [0.717, 1.165) is 51.4 Å².